The SMILES string of the molecule is Cc1cc(C(=O)N[C@H](C(=O)O)C(C)C)cc(C)c1OCc1cccnc1. The Hall–Kier alpha value is -2.89. The number of hydrogen-bond acceptors (Lipinski definition) is 4. The molecule has 0 radical (unpaired) electrons. The number of carboxylic acids is 1. The quantitative estimate of drug-likeness (QED) is 0.796. The molecule has 1 aromatic carbocycles. The van der Waals surface area contributed by atoms with Crippen LogP contribution in [0.4, 0.5) is 0 Å². The fourth-order valence-corrected chi connectivity index (χ4v) is 2.69. The Morgan fingerprint density at radius 3 is 2.38 bits per heavy atom. The minimum Gasteiger partial charge on any atom is -0.488 e. The highest BCUT2D eigenvalue weighted by Gasteiger charge is 2.24. The van der Waals surface area contributed by atoms with Crippen molar-refractivity contribution in [1.82, 2.24) is 10.3 Å². The number of aromatic nitrogens is 1. The third kappa shape index (κ3) is 4.81. The molecule has 2 rings (SSSR count). The highest BCUT2D eigenvalue weighted by atomic mass is 16.5. The lowest BCUT2D eigenvalue weighted by atomic mass is 10.0. The van der Waals surface area contributed by atoms with Gasteiger partial charge in [0.15, 0.2) is 0 Å². The van der Waals surface area contributed by atoms with E-state index in [4.69, 9.17) is 4.74 Å². The zero-order valence-corrected chi connectivity index (χ0v) is 15.4. The predicted octanol–water partition coefficient (Wildman–Crippen LogP) is 3.12. The number of nitrogens with one attached hydrogen (secondary N) is 1. The fraction of sp³-hybridized carbons (Fsp3) is 0.350. The summed E-state index contributed by atoms with van der Waals surface area (Å²) in [5.74, 6) is -0.945. The van der Waals surface area contributed by atoms with Crippen LogP contribution in [0.5, 0.6) is 5.75 Å². The maximum atomic E-state index is 12.4. The molecule has 1 aromatic heterocycles. The van der Waals surface area contributed by atoms with Crippen LogP contribution >= 0.6 is 0 Å². The van der Waals surface area contributed by atoms with Gasteiger partial charge in [-0.25, -0.2) is 4.79 Å². The molecule has 26 heavy (non-hydrogen) atoms. The highest BCUT2D eigenvalue weighted by molar-refractivity contribution is 5.97. The van der Waals surface area contributed by atoms with Gasteiger partial charge < -0.3 is 15.2 Å². The second-order valence-corrected chi connectivity index (χ2v) is 6.62. The van der Waals surface area contributed by atoms with E-state index in [2.05, 4.69) is 10.3 Å². The van der Waals surface area contributed by atoms with E-state index in [1.165, 1.54) is 0 Å². The third-order valence-corrected chi connectivity index (χ3v) is 4.05. The van der Waals surface area contributed by atoms with E-state index >= 15 is 0 Å². The van der Waals surface area contributed by atoms with Gasteiger partial charge in [0.25, 0.3) is 5.91 Å². The molecule has 0 saturated carbocycles. The Balaban J connectivity index is 2.15. The molecule has 0 aliphatic carbocycles. The summed E-state index contributed by atoms with van der Waals surface area (Å²) in [4.78, 5) is 27.8. The van der Waals surface area contributed by atoms with E-state index in [9.17, 15) is 14.7 Å². The van der Waals surface area contributed by atoms with E-state index in [1.54, 1.807) is 38.4 Å². The first-order chi connectivity index (χ1) is 12.3. The largest absolute Gasteiger partial charge is 0.488 e. The second-order valence-electron chi connectivity index (χ2n) is 6.62. The monoisotopic (exact) mass is 356 g/mol. The van der Waals surface area contributed by atoms with Crippen molar-refractivity contribution in [3.8, 4) is 5.75 Å². The predicted molar refractivity (Wildman–Crippen MR) is 98.2 cm³/mol. The molecule has 0 spiro atoms. The molecule has 6 heteroatoms. The number of amides is 1. The minimum absolute atomic E-state index is 0.208. The van der Waals surface area contributed by atoms with Crippen LogP contribution in [0.1, 0.15) is 40.9 Å². The van der Waals surface area contributed by atoms with Gasteiger partial charge in [0.05, 0.1) is 0 Å². The Kier molecular flexibility index (Phi) is 6.33. The summed E-state index contributed by atoms with van der Waals surface area (Å²) in [7, 11) is 0. The van der Waals surface area contributed by atoms with Gasteiger partial charge in [-0.1, -0.05) is 19.9 Å². The Labute approximate surface area is 153 Å². The van der Waals surface area contributed by atoms with Crippen molar-refractivity contribution in [2.24, 2.45) is 5.92 Å². The van der Waals surface area contributed by atoms with Crippen LogP contribution in [0.15, 0.2) is 36.7 Å². The number of carboxylic acid groups (broad SMARTS) is 1. The molecular formula is C20H24N2O4. The van der Waals surface area contributed by atoms with Gasteiger partial charge in [-0.2, -0.15) is 0 Å². The summed E-state index contributed by atoms with van der Waals surface area (Å²) in [6.45, 7) is 7.62. The van der Waals surface area contributed by atoms with Gasteiger partial charge in [-0.3, -0.25) is 9.78 Å². The van der Waals surface area contributed by atoms with Crippen molar-refractivity contribution in [2.75, 3.05) is 0 Å². The first-order valence-corrected chi connectivity index (χ1v) is 8.46. The number of benzene rings is 1. The van der Waals surface area contributed by atoms with Crippen LogP contribution in [0.25, 0.3) is 0 Å². The summed E-state index contributed by atoms with van der Waals surface area (Å²) >= 11 is 0. The maximum absolute atomic E-state index is 12.4. The summed E-state index contributed by atoms with van der Waals surface area (Å²) in [5.41, 5.74) is 3.00. The minimum atomic E-state index is -1.04. The molecule has 0 unspecified atom stereocenters. The van der Waals surface area contributed by atoms with Crippen molar-refractivity contribution in [1.29, 1.82) is 0 Å². The average molecular weight is 356 g/mol. The smallest absolute Gasteiger partial charge is 0.326 e. The molecule has 0 fully saturated rings. The first-order valence-electron chi connectivity index (χ1n) is 8.46. The number of hydrogen-bond donors (Lipinski definition) is 2. The van der Waals surface area contributed by atoms with Gasteiger partial charge in [0.2, 0.25) is 0 Å². The van der Waals surface area contributed by atoms with Gasteiger partial charge in [0.1, 0.15) is 18.4 Å². The number of nitrogens with zero attached hydrogens (tertiary/aromatic N) is 1. The van der Waals surface area contributed by atoms with Crippen LogP contribution in [0, 0.1) is 19.8 Å². The van der Waals surface area contributed by atoms with Crippen LogP contribution in [0.2, 0.25) is 0 Å². The molecule has 0 aliphatic rings. The summed E-state index contributed by atoms with van der Waals surface area (Å²) in [6, 6.07) is 6.27. The number of pyridine rings is 1. The van der Waals surface area contributed by atoms with E-state index in [0.29, 0.717) is 17.9 Å². The van der Waals surface area contributed by atoms with E-state index in [0.717, 1.165) is 16.7 Å². The van der Waals surface area contributed by atoms with E-state index in [-0.39, 0.29) is 5.92 Å². The lowest BCUT2D eigenvalue weighted by Gasteiger charge is -2.19. The van der Waals surface area contributed by atoms with E-state index in [1.807, 2.05) is 26.0 Å². The zero-order valence-electron chi connectivity index (χ0n) is 15.4. The lowest BCUT2D eigenvalue weighted by molar-refractivity contribution is -0.140. The number of rotatable bonds is 7. The number of carbonyl (C=O) groups excluding carboxylic acids is 1. The zero-order chi connectivity index (χ0) is 19.3. The first kappa shape index (κ1) is 19.4. The molecular weight excluding hydrogens is 332 g/mol. The van der Waals surface area contributed by atoms with Crippen molar-refractivity contribution in [3.05, 3.63) is 58.9 Å². The Bertz CT molecular complexity index is 765. The molecule has 1 atom stereocenters. The van der Waals surface area contributed by atoms with E-state index < -0.39 is 17.9 Å². The standard InChI is InChI=1S/C20H24N2O4/c1-12(2)17(20(24)25)22-19(23)16-8-13(3)18(14(4)9-16)26-11-15-6-5-7-21-10-15/h5-10,12,17H,11H2,1-4H3,(H,22,23)(H,24,25)/t17-/m0/s1. The van der Waals surface area contributed by atoms with Crippen molar-refractivity contribution in [3.63, 3.8) is 0 Å². The van der Waals surface area contributed by atoms with Crippen LogP contribution in [-0.4, -0.2) is 28.0 Å². The molecule has 2 aromatic rings. The molecule has 6 nitrogen and oxygen atoms in total. The average Bonchev–Trinajstić information content (AvgIpc) is 2.58. The van der Waals surface area contributed by atoms with Crippen molar-refractivity contribution in [2.45, 2.75) is 40.3 Å². The highest BCUT2D eigenvalue weighted by Crippen LogP contribution is 2.26. The fourth-order valence-electron chi connectivity index (χ4n) is 2.69. The number of carbonyl (C=O) groups is 2. The van der Waals surface area contributed by atoms with Gasteiger partial charge in [0, 0.05) is 23.5 Å². The Morgan fingerprint density at radius 2 is 1.88 bits per heavy atom. The van der Waals surface area contributed by atoms with Gasteiger partial charge in [-0.05, 0) is 49.1 Å². The normalized spacial score (nSPS) is 11.9. The maximum Gasteiger partial charge on any atom is 0.326 e. The third-order valence-electron chi connectivity index (χ3n) is 4.05. The topological polar surface area (TPSA) is 88.5 Å². The second kappa shape index (κ2) is 8.47. The number of aliphatic carboxylic acids is 1. The summed E-state index contributed by atoms with van der Waals surface area (Å²) in [6.07, 6.45) is 3.44. The number of aryl methyl sites for hydroxylation is 2. The van der Waals surface area contributed by atoms with Crippen LogP contribution < -0.4 is 10.1 Å². The molecule has 0 bridgehead atoms. The Morgan fingerprint density at radius 1 is 1.23 bits per heavy atom. The molecule has 0 aliphatic heterocycles. The lowest BCUT2D eigenvalue weighted by Crippen LogP contribution is -2.44. The molecule has 0 saturated heterocycles. The van der Waals surface area contributed by atoms with Crippen LogP contribution in [-0.2, 0) is 11.4 Å². The van der Waals surface area contributed by atoms with Gasteiger partial charge >= 0.3 is 5.97 Å². The molecule has 2 N–H and O–H groups in total. The van der Waals surface area contributed by atoms with Crippen molar-refractivity contribution < 1.29 is 19.4 Å². The number of ether oxygens (including phenoxy) is 1. The summed E-state index contributed by atoms with van der Waals surface area (Å²) < 4.78 is 5.88. The molecule has 138 valence electrons. The molecule has 1 heterocycles. The van der Waals surface area contributed by atoms with Crippen LogP contribution in [0.3, 0.4) is 0 Å². The van der Waals surface area contributed by atoms with Gasteiger partial charge in [-0.15, -0.1) is 0 Å². The molecule has 1 amide bonds. The summed E-state index contributed by atoms with van der Waals surface area (Å²) in [5, 5.41) is 11.8. The van der Waals surface area contributed by atoms with Crippen molar-refractivity contribution >= 4 is 11.9 Å².